The van der Waals surface area contributed by atoms with Crippen LogP contribution in [-0.2, 0) is 16.6 Å². The zero-order chi connectivity index (χ0) is 14.4. The van der Waals surface area contributed by atoms with E-state index in [4.69, 9.17) is 5.11 Å². The van der Waals surface area contributed by atoms with Gasteiger partial charge in [0.2, 0.25) is 0 Å². The third-order valence-corrected chi connectivity index (χ3v) is 5.04. The lowest BCUT2D eigenvalue weighted by atomic mass is 10.1. The van der Waals surface area contributed by atoms with Crippen LogP contribution in [0.4, 0.5) is 5.69 Å². The number of nitrogens with zero attached hydrogens (tertiary/aromatic N) is 1. The Morgan fingerprint density at radius 1 is 1.05 bits per heavy atom. The lowest BCUT2D eigenvalue weighted by Crippen LogP contribution is -2.36. The monoisotopic (exact) mass is 298 g/mol. The van der Waals surface area contributed by atoms with Gasteiger partial charge in [0, 0.05) is 25.4 Å². The Morgan fingerprint density at radius 3 is 2.20 bits per heavy atom. The Labute approximate surface area is 120 Å². The molecule has 1 saturated heterocycles. The number of anilines is 1. The van der Waals surface area contributed by atoms with Gasteiger partial charge in [-0.1, -0.05) is 25.0 Å². The Balaban J connectivity index is 2.03. The number of benzene rings is 1. The minimum absolute atomic E-state index is 0.0961. The molecule has 1 aromatic carbocycles. The molecule has 5 nitrogen and oxygen atoms in total. The molecule has 1 heterocycles. The molecule has 0 unspecified atom stereocenters. The van der Waals surface area contributed by atoms with Crippen molar-refractivity contribution in [2.75, 3.05) is 24.4 Å². The fourth-order valence-corrected chi connectivity index (χ4v) is 3.67. The lowest BCUT2D eigenvalue weighted by Gasteiger charge is -2.20. The fourth-order valence-electron chi connectivity index (χ4n) is 2.36. The van der Waals surface area contributed by atoms with Crippen molar-refractivity contribution >= 4 is 15.9 Å². The second-order valence-electron chi connectivity index (χ2n) is 5.09. The van der Waals surface area contributed by atoms with Gasteiger partial charge in [0.05, 0.1) is 0 Å². The van der Waals surface area contributed by atoms with Crippen molar-refractivity contribution in [1.29, 1.82) is 0 Å². The highest BCUT2D eigenvalue weighted by Crippen LogP contribution is 2.17. The van der Waals surface area contributed by atoms with Crippen molar-refractivity contribution in [2.24, 2.45) is 0 Å². The molecule has 112 valence electrons. The molecule has 0 bridgehead atoms. The van der Waals surface area contributed by atoms with Gasteiger partial charge in [0.25, 0.3) is 0 Å². The molecule has 0 atom stereocenters. The fraction of sp³-hybridized carbons (Fsp3) is 0.571. The van der Waals surface area contributed by atoms with E-state index in [1.807, 2.05) is 12.1 Å². The number of nitrogens with one attached hydrogen (secondary N) is 1. The molecule has 1 aliphatic rings. The van der Waals surface area contributed by atoms with E-state index in [1.165, 1.54) is 4.31 Å². The number of hydrogen-bond donors (Lipinski definition) is 2. The molecule has 20 heavy (non-hydrogen) atoms. The van der Waals surface area contributed by atoms with Gasteiger partial charge in [-0.05, 0) is 37.0 Å². The van der Waals surface area contributed by atoms with Gasteiger partial charge in [-0.2, -0.15) is 12.7 Å². The zero-order valence-electron chi connectivity index (χ0n) is 11.6. The van der Waals surface area contributed by atoms with E-state index in [0.717, 1.165) is 31.2 Å². The third kappa shape index (κ3) is 4.19. The smallest absolute Gasteiger partial charge is 0.301 e. The summed E-state index contributed by atoms with van der Waals surface area (Å²) in [6.45, 7) is 1.29. The molecule has 0 radical (unpaired) electrons. The van der Waals surface area contributed by atoms with Crippen molar-refractivity contribution in [3.05, 3.63) is 29.8 Å². The van der Waals surface area contributed by atoms with Crippen molar-refractivity contribution in [3.8, 4) is 0 Å². The third-order valence-electron chi connectivity index (χ3n) is 3.51. The largest absolute Gasteiger partial charge is 0.396 e. The predicted molar refractivity (Wildman–Crippen MR) is 79.8 cm³/mol. The van der Waals surface area contributed by atoms with Crippen LogP contribution in [0.5, 0.6) is 0 Å². The normalized spacial score (nSPS) is 17.6. The summed E-state index contributed by atoms with van der Waals surface area (Å²) < 4.78 is 28.7. The molecule has 2 N–H and O–H groups in total. The first-order valence-electron chi connectivity index (χ1n) is 7.09. The Kier molecular flexibility index (Phi) is 5.39. The SMILES string of the molecule is O=S(=O)(Nc1ccc(CCO)cc1)N1CCCCCC1. The first-order chi connectivity index (χ1) is 9.62. The molecule has 6 heteroatoms. The first-order valence-corrected chi connectivity index (χ1v) is 8.53. The minimum Gasteiger partial charge on any atom is -0.396 e. The summed E-state index contributed by atoms with van der Waals surface area (Å²) in [6.07, 6.45) is 4.63. The number of hydrogen-bond acceptors (Lipinski definition) is 3. The van der Waals surface area contributed by atoms with Crippen molar-refractivity contribution < 1.29 is 13.5 Å². The number of rotatable bonds is 5. The summed E-state index contributed by atoms with van der Waals surface area (Å²) >= 11 is 0. The van der Waals surface area contributed by atoms with E-state index in [9.17, 15) is 8.42 Å². The van der Waals surface area contributed by atoms with Gasteiger partial charge in [0.1, 0.15) is 0 Å². The van der Waals surface area contributed by atoms with Crippen LogP contribution >= 0.6 is 0 Å². The average Bonchev–Trinajstić information content (AvgIpc) is 2.70. The number of aliphatic hydroxyl groups is 1. The van der Waals surface area contributed by atoms with E-state index < -0.39 is 10.2 Å². The summed E-state index contributed by atoms with van der Waals surface area (Å²) in [5.74, 6) is 0. The van der Waals surface area contributed by atoms with E-state index >= 15 is 0 Å². The van der Waals surface area contributed by atoms with Crippen LogP contribution in [0.3, 0.4) is 0 Å². The van der Waals surface area contributed by atoms with Crippen LogP contribution in [0.2, 0.25) is 0 Å². The topological polar surface area (TPSA) is 69.6 Å². The van der Waals surface area contributed by atoms with Gasteiger partial charge < -0.3 is 5.11 Å². The van der Waals surface area contributed by atoms with Gasteiger partial charge >= 0.3 is 10.2 Å². The van der Waals surface area contributed by atoms with Gasteiger partial charge in [-0.15, -0.1) is 0 Å². The molecule has 2 rings (SSSR count). The number of aliphatic hydroxyl groups excluding tert-OH is 1. The maximum Gasteiger partial charge on any atom is 0.301 e. The van der Waals surface area contributed by atoms with E-state index in [-0.39, 0.29) is 6.61 Å². The van der Waals surface area contributed by atoms with E-state index in [2.05, 4.69) is 4.72 Å². The minimum atomic E-state index is -3.45. The Hall–Kier alpha value is -1.11. The van der Waals surface area contributed by atoms with Gasteiger partial charge in [0.15, 0.2) is 0 Å². The molecule has 0 saturated carbocycles. The summed E-state index contributed by atoms with van der Waals surface area (Å²) in [7, 11) is -3.45. The maximum atomic E-state index is 12.3. The van der Waals surface area contributed by atoms with Crippen molar-refractivity contribution in [3.63, 3.8) is 0 Å². The quantitative estimate of drug-likeness (QED) is 0.870. The molecule has 1 aromatic rings. The second kappa shape index (κ2) is 7.06. The van der Waals surface area contributed by atoms with Crippen LogP contribution in [0.1, 0.15) is 31.2 Å². The van der Waals surface area contributed by atoms with Crippen LogP contribution in [0.15, 0.2) is 24.3 Å². The first kappa shape index (κ1) is 15.3. The highest BCUT2D eigenvalue weighted by atomic mass is 32.2. The van der Waals surface area contributed by atoms with Gasteiger partial charge in [-0.3, -0.25) is 4.72 Å². The molecule has 1 aliphatic heterocycles. The summed E-state index contributed by atoms with van der Waals surface area (Å²) in [4.78, 5) is 0. The van der Waals surface area contributed by atoms with Crippen molar-refractivity contribution in [1.82, 2.24) is 4.31 Å². The molecule has 1 fully saturated rings. The zero-order valence-corrected chi connectivity index (χ0v) is 12.4. The van der Waals surface area contributed by atoms with Crippen LogP contribution in [0, 0.1) is 0 Å². The Morgan fingerprint density at radius 2 is 1.65 bits per heavy atom. The summed E-state index contributed by atoms with van der Waals surface area (Å²) in [5.41, 5.74) is 1.56. The van der Waals surface area contributed by atoms with Crippen molar-refractivity contribution in [2.45, 2.75) is 32.1 Å². The molecule has 0 aliphatic carbocycles. The van der Waals surface area contributed by atoms with E-state index in [0.29, 0.717) is 25.2 Å². The molecule has 0 aromatic heterocycles. The van der Waals surface area contributed by atoms with E-state index in [1.54, 1.807) is 12.1 Å². The van der Waals surface area contributed by atoms with Crippen LogP contribution in [-0.4, -0.2) is 37.5 Å². The maximum absolute atomic E-state index is 12.3. The Bertz CT molecular complexity index is 506. The highest BCUT2D eigenvalue weighted by Gasteiger charge is 2.22. The molecule has 0 spiro atoms. The highest BCUT2D eigenvalue weighted by molar-refractivity contribution is 7.90. The van der Waals surface area contributed by atoms with Crippen LogP contribution < -0.4 is 4.72 Å². The average molecular weight is 298 g/mol. The van der Waals surface area contributed by atoms with Gasteiger partial charge in [-0.25, -0.2) is 0 Å². The van der Waals surface area contributed by atoms with Crippen LogP contribution in [0.25, 0.3) is 0 Å². The standard InChI is InChI=1S/C14H22N2O3S/c17-12-9-13-5-7-14(8-6-13)15-20(18,19)16-10-3-1-2-4-11-16/h5-8,15,17H,1-4,9-12H2. The molecule has 0 amide bonds. The predicted octanol–water partition coefficient (Wildman–Crippen LogP) is 1.75. The molecular weight excluding hydrogens is 276 g/mol. The summed E-state index contributed by atoms with van der Waals surface area (Å²) in [6, 6.07) is 7.13. The molecular formula is C14H22N2O3S. The summed E-state index contributed by atoms with van der Waals surface area (Å²) in [5, 5.41) is 8.85. The lowest BCUT2D eigenvalue weighted by molar-refractivity contribution is 0.299. The second-order valence-corrected chi connectivity index (χ2v) is 6.76.